The van der Waals surface area contributed by atoms with Crippen molar-refractivity contribution in [2.24, 2.45) is 12.8 Å². The Morgan fingerprint density at radius 1 is 1.21 bits per heavy atom. The largest absolute Gasteiger partial charge is 0.491 e. The fourth-order valence-electron chi connectivity index (χ4n) is 4.61. The number of nitrogens with two attached hydrogens (primary N) is 1. The number of hydrogen-bond donors (Lipinski definition) is 2. The molecule has 0 radical (unpaired) electrons. The number of thiophene rings is 1. The summed E-state index contributed by atoms with van der Waals surface area (Å²) in [5, 5.41) is 5.10. The van der Waals surface area contributed by atoms with Crippen LogP contribution in [0.15, 0.2) is 65.8 Å². The van der Waals surface area contributed by atoms with E-state index >= 15 is 0 Å². The molecule has 0 aliphatic heterocycles. The van der Waals surface area contributed by atoms with E-state index in [4.69, 9.17) is 15.2 Å². The van der Waals surface area contributed by atoms with Gasteiger partial charge in [-0.15, -0.1) is 11.3 Å². The minimum atomic E-state index is -0.121. The van der Waals surface area contributed by atoms with Gasteiger partial charge in [0.05, 0.1) is 29.0 Å². The molecule has 0 spiro atoms. The van der Waals surface area contributed by atoms with E-state index in [2.05, 4.69) is 17.5 Å². The Morgan fingerprint density at radius 2 is 2.03 bits per heavy atom. The zero-order chi connectivity index (χ0) is 23.5. The fraction of sp³-hybridized carbons (Fsp3) is 0.370. The lowest BCUT2D eigenvalue weighted by Crippen LogP contribution is -2.30. The molecule has 1 saturated carbocycles. The highest BCUT2D eigenvalue weighted by Crippen LogP contribution is 2.27. The summed E-state index contributed by atoms with van der Waals surface area (Å²) in [4.78, 5) is 13.0. The van der Waals surface area contributed by atoms with Gasteiger partial charge in [0.15, 0.2) is 0 Å². The number of rotatable bonds is 7. The van der Waals surface area contributed by atoms with E-state index in [0.717, 1.165) is 59.3 Å². The summed E-state index contributed by atoms with van der Waals surface area (Å²) < 4.78 is 15.3. The average Bonchev–Trinajstić information content (AvgIpc) is 3.44. The third kappa shape index (κ3) is 5.12. The van der Waals surface area contributed by atoms with Crippen LogP contribution in [-0.4, -0.2) is 28.7 Å². The zero-order valence-electron chi connectivity index (χ0n) is 19.4. The number of carbonyl (C=O) groups excluding carboxylic acids is 1. The molecule has 5 rings (SSSR count). The number of para-hydroxylation sites is 1. The van der Waals surface area contributed by atoms with Crippen molar-refractivity contribution in [3.63, 3.8) is 0 Å². The number of ether oxygens (including phenoxy) is 2. The van der Waals surface area contributed by atoms with Gasteiger partial charge < -0.3 is 25.1 Å². The molecule has 1 fully saturated rings. The zero-order valence-corrected chi connectivity index (χ0v) is 20.2. The Hall–Kier alpha value is -2.87. The van der Waals surface area contributed by atoms with Gasteiger partial charge in [0.1, 0.15) is 11.5 Å². The average molecular weight is 478 g/mol. The highest BCUT2D eigenvalue weighted by atomic mass is 32.1. The van der Waals surface area contributed by atoms with Crippen molar-refractivity contribution in [3.8, 4) is 0 Å². The highest BCUT2D eigenvalue weighted by Gasteiger charge is 2.21. The molecule has 0 saturated heterocycles. The molecule has 1 amide bonds. The van der Waals surface area contributed by atoms with Gasteiger partial charge in [-0.3, -0.25) is 4.79 Å². The molecule has 3 N–H and O–H groups in total. The standard InChI is InChI=1S/C27H31N3O3S/c1-30-24-14-15-34-26(24)16-25(30)27(31)29-23-5-3-2-4-18(23)17-32-20-10-12-22(13-11-20)33-21-8-6-19(28)7-9-21/h2-5,10,12-16,19-21H,6-9,11,17,28H2,1H3,(H,29,31). The predicted octanol–water partition coefficient (Wildman–Crippen LogP) is 5.51. The van der Waals surface area contributed by atoms with Gasteiger partial charge in [-0.25, -0.2) is 0 Å². The number of amides is 1. The van der Waals surface area contributed by atoms with Crippen molar-refractivity contribution in [1.82, 2.24) is 4.57 Å². The van der Waals surface area contributed by atoms with Crippen LogP contribution in [0.2, 0.25) is 0 Å². The van der Waals surface area contributed by atoms with Crippen molar-refractivity contribution < 1.29 is 14.3 Å². The van der Waals surface area contributed by atoms with Crippen molar-refractivity contribution in [2.45, 2.75) is 57.0 Å². The first kappa shape index (κ1) is 22.9. The van der Waals surface area contributed by atoms with Gasteiger partial charge in [0.2, 0.25) is 0 Å². The van der Waals surface area contributed by atoms with Crippen LogP contribution in [0, 0.1) is 0 Å². The topological polar surface area (TPSA) is 78.5 Å². The Bertz CT molecular complexity index is 1220. The van der Waals surface area contributed by atoms with Crippen molar-refractivity contribution in [3.05, 3.63) is 77.0 Å². The Kier molecular flexibility index (Phi) is 6.85. The first-order chi connectivity index (χ1) is 16.6. The van der Waals surface area contributed by atoms with Crippen LogP contribution in [-0.2, 0) is 23.1 Å². The summed E-state index contributed by atoms with van der Waals surface area (Å²) in [5.41, 5.74) is 9.42. The number of benzene rings is 1. The van der Waals surface area contributed by atoms with Crippen LogP contribution in [0.3, 0.4) is 0 Å². The van der Waals surface area contributed by atoms with E-state index < -0.39 is 0 Å². The summed E-state index contributed by atoms with van der Waals surface area (Å²) >= 11 is 1.64. The van der Waals surface area contributed by atoms with Crippen LogP contribution in [0.25, 0.3) is 10.2 Å². The molecule has 2 heterocycles. The van der Waals surface area contributed by atoms with Gasteiger partial charge in [0, 0.05) is 24.3 Å². The second kappa shape index (κ2) is 10.2. The van der Waals surface area contributed by atoms with Crippen LogP contribution < -0.4 is 11.1 Å². The van der Waals surface area contributed by atoms with Gasteiger partial charge in [-0.05, 0) is 67.8 Å². The lowest BCUT2D eigenvalue weighted by molar-refractivity contribution is 0.0625. The number of allylic oxidation sites excluding steroid dienone is 1. The van der Waals surface area contributed by atoms with Crippen molar-refractivity contribution >= 4 is 33.1 Å². The minimum Gasteiger partial charge on any atom is -0.491 e. The predicted molar refractivity (Wildman–Crippen MR) is 137 cm³/mol. The molecule has 6 nitrogen and oxygen atoms in total. The molecule has 178 valence electrons. The molecular weight excluding hydrogens is 446 g/mol. The number of aromatic nitrogens is 1. The van der Waals surface area contributed by atoms with E-state index in [9.17, 15) is 4.79 Å². The SMILES string of the molecule is Cn1c(C(=O)Nc2ccccc2COC2C=CC(OC3CCC(N)CC3)=CC2)cc2sccc21. The van der Waals surface area contributed by atoms with E-state index in [0.29, 0.717) is 18.3 Å². The second-order valence-corrected chi connectivity index (χ2v) is 10.0. The highest BCUT2D eigenvalue weighted by molar-refractivity contribution is 7.17. The maximum atomic E-state index is 13.0. The van der Waals surface area contributed by atoms with E-state index in [1.54, 1.807) is 11.3 Å². The Morgan fingerprint density at radius 3 is 2.79 bits per heavy atom. The first-order valence-corrected chi connectivity index (χ1v) is 12.8. The van der Waals surface area contributed by atoms with Crippen molar-refractivity contribution in [1.29, 1.82) is 0 Å². The number of aryl methyl sites for hydroxylation is 1. The maximum Gasteiger partial charge on any atom is 0.272 e. The molecule has 2 aliphatic rings. The Labute approximate surface area is 204 Å². The molecule has 34 heavy (non-hydrogen) atoms. The number of nitrogens with zero attached hydrogens (tertiary/aromatic N) is 1. The molecule has 7 heteroatoms. The normalized spacial score (nSPS) is 22.5. The van der Waals surface area contributed by atoms with Gasteiger partial charge >= 0.3 is 0 Å². The monoisotopic (exact) mass is 477 g/mol. The Balaban J connectivity index is 1.16. The summed E-state index contributed by atoms with van der Waals surface area (Å²) in [6.07, 6.45) is 11.3. The van der Waals surface area contributed by atoms with Crippen LogP contribution in [0.5, 0.6) is 0 Å². The third-order valence-electron chi connectivity index (χ3n) is 6.66. The smallest absolute Gasteiger partial charge is 0.272 e. The van der Waals surface area contributed by atoms with E-state index in [1.165, 1.54) is 0 Å². The van der Waals surface area contributed by atoms with Crippen LogP contribution in [0.1, 0.15) is 48.2 Å². The van der Waals surface area contributed by atoms with Gasteiger partial charge in [0.25, 0.3) is 5.91 Å². The summed E-state index contributed by atoms with van der Waals surface area (Å²) in [6, 6.07) is 12.1. The quantitative estimate of drug-likeness (QED) is 0.470. The second-order valence-electron chi connectivity index (χ2n) is 9.08. The van der Waals surface area contributed by atoms with Crippen molar-refractivity contribution in [2.75, 3.05) is 5.32 Å². The number of hydrogen-bond acceptors (Lipinski definition) is 5. The lowest BCUT2D eigenvalue weighted by atomic mass is 9.93. The van der Waals surface area contributed by atoms with Gasteiger partial charge in [-0.1, -0.05) is 24.3 Å². The molecular formula is C27H31N3O3S. The maximum absolute atomic E-state index is 13.0. The molecule has 2 aromatic heterocycles. The molecule has 1 atom stereocenters. The first-order valence-electron chi connectivity index (χ1n) is 11.9. The van der Waals surface area contributed by atoms with E-state index in [-0.39, 0.29) is 18.1 Å². The number of carbonyl (C=O) groups is 1. The van der Waals surface area contributed by atoms with Crippen LogP contribution >= 0.6 is 11.3 Å². The number of fused-ring (bicyclic) bond motifs is 1. The summed E-state index contributed by atoms with van der Waals surface area (Å²) in [5.74, 6) is 0.805. The molecule has 0 bridgehead atoms. The lowest BCUT2D eigenvalue weighted by Gasteiger charge is -2.28. The third-order valence-corrected chi connectivity index (χ3v) is 7.52. The van der Waals surface area contributed by atoms with Gasteiger partial charge in [-0.2, -0.15) is 0 Å². The van der Waals surface area contributed by atoms with Crippen LogP contribution in [0.4, 0.5) is 5.69 Å². The molecule has 1 aromatic carbocycles. The fourth-order valence-corrected chi connectivity index (χ4v) is 5.46. The minimum absolute atomic E-state index is 0.0180. The molecule has 3 aromatic rings. The number of anilines is 1. The molecule has 2 aliphatic carbocycles. The summed E-state index contributed by atoms with van der Waals surface area (Å²) in [6.45, 7) is 0.415. The van der Waals surface area contributed by atoms with E-state index in [1.807, 2.05) is 59.5 Å². The number of nitrogens with one attached hydrogen (secondary N) is 1. The molecule has 1 unspecified atom stereocenters. The summed E-state index contributed by atoms with van der Waals surface area (Å²) in [7, 11) is 1.92.